The topological polar surface area (TPSA) is 73.4 Å². The number of piperazine rings is 1. The van der Waals surface area contributed by atoms with Crippen molar-refractivity contribution in [1.82, 2.24) is 9.88 Å². The number of pyridine rings is 1. The van der Waals surface area contributed by atoms with Crippen LogP contribution >= 0.6 is 0 Å². The van der Waals surface area contributed by atoms with Crippen molar-refractivity contribution in [1.29, 1.82) is 0 Å². The molecule has 1 saturated heterocycles. The van der Waals surface area contributed by atoms with Gasteiger partial charge in [0.15, 0.2) is 11.5 Å². The van der Waals surface area contributed by atoms with Crippen molar-refractivity contribution in [3.05, 3.63) is 77.5 Å². The molecule has 0 bridgehead atoms. The largest absolute Gasteiger partial charge is 0.489 e. The Morgan fingerprint density at radius 2 is 1.81 bits per heavy atom. The summed E-state index contributed by atoms with van der Waals surface area (Å²) in [4.78, 5) is 21.6. The third kappa shape index (κ3) is 6.14. The predicted octanol–water partition coefficient (Wildman–Crippen LogP) is 4.32. The van der Waals surface area contributed by atoms with Crippen LogP contribution in [0.3, 0.4) is 0 Å². The number of hydrogen-bond acceptors (Lipinski definition) is 8. The summed E-state index contributed by atoms with van der Waals surface area (Å²) in [5.74, 6) is 2.74. The maximum Gasteiger partial charge on any atom is 0.342 e. The van der Waals surface area contributed by atoms with Gasteiger partial charge in [-0.05, 0) is 49.7 Å². The van der Waals surface area contributed by atoms with E-state index in [4.69, 9.17) is 18.9 Å². The molecule has 0 spiro atoms. The third-order valence-electron chi connectivity index (χ3n) is 6.37. The Hall–Kier alpha value is -3.78. The number of carbonyl (C=O) groups excluding carboxylic acids is 1. The highest BCUT2D eigenvalue weighted by Crippen LogP contribution is 2.34. The number of carbonyl (C=O) groups is 1. The van der Waals surface area contributed by atoms with Gasteiger partial charge in [0.05, 0.1) is 6.10 Å². The lowest BCUT2D eigenvalue weighted by Gasteiger charge is -2.36. The van der Waals surface area contributed by atoms with Crippen molar-refractivity contribution in [2.45, 2.75) is 33.1 Å². The maximum absolute atomic E-state index is 12.5. The molecule has 3 aromatic rings. The highest BCUT2D eigenvalue weighted by Gasteiger charge is 2.24. The van der Waals surface area contributed by atoms with Gasteiger partial charge in [-0.2, -0.15) is 0 Å². The number of esters is 1. The minimum absolute atomic E-state index is 0.169. The van der Waals surface area contributed by atoms with Gasteiger partial charge in [-0.3, -0.25) is 4.90 Å². The molecule has 5 rings (SSSR count). The lowest BCUT2D eigenvalue weighted by atomic mass is 10.1. The van der Waals surface area contributed by atoms with Crippen molar-refractivity contribution in [3.8, 4) is 17.2 Å². The SMILES string of the molecule is CC(C)OC(=O)c1cccnc1N1CCN(Cc2cccc(OCc3cccc4c3OCCO4)c2)CC1. The van der Waals surface area contributed by atoms with E-state index >= 15 is 0 Å². The molecule has 1 fully saturated rings. The molecule has 0 unspecified atom stereocenters. The number of fused-ring (bicyclic) bond motifs is 1. The van der Waals surface area contributed by atoms with Crippen LogP contribution in [0.4, 0.5) is 5.82 Å². The highest BCUT2D eigenvalue weighted by atomic mass is 16.6. The first-order valence-corrected chi connectivity index (χ1v) is 12.8. The third-order valence-corrected chi connectivity index (χ3v) is 6.37. The van der Waals surface area contributed by atoms with Gasteiger partial charge >= 0.3 is 5.97 Å². The molecule has 0 amide bonds. The standard InChI is InChI=1S/C29H33N3O5/c1-21(2)37-29(33)25-9-5-11-30-28(25)32-14-12-31(13-15-32)19-22-6-3-8-24(18-22)36-20-23-7-4-10-26-27(23)35-17-16-34-26/h3-11,18,21H,12-17,19-20H2,1-2H3. The van der Waals surface area contributed by atoms with Crippen LogP contribution in [0.15, 0.2) is 60.8 Å². The molecule has 0 aliphatic carbocycles. The molecule has 0 atom stereocenters. The summed E-state index contributed by atoms with van der Waals surface area (Å²) in [5.41, 5.74) is 2.69. The van der Waals surface area contributed by atoms with Gasteiger partial charge in [-0.1, -0.05) is 24.3 Å². The first-order valence-electron chi connectivity index (χ1n) is 12.8. The van der Waals surface area contributed by atoms with E-state index < -0.39 is 0 Å². The summed E-state index contributed by atoms with van der Waals surface area (Å²) in [7, 11) is 0. The first-order chi connectivity index (χ1) is 18.1. The van der Waals surface area contributed by atoms with Crippen LogP contribution in [0.25, 0.3) is 0 Å². The summed E-state index contributed by atoms with van der Waals surface area (Å²) >= 11 is 0. The van der Waals surface area contributed by atoms with Gasteiger partial charge in [-0.25, -0.2) is 9.78 Å². The fourth-order valence-corrected chi connectivity index (χ4v) is 4.60. The van der Waals surface area contributed by atoms with E-state index in [0.717, 1.165) is 55.5 Å². The van der Waals surface area contributed by atoms with Gasteiger partial charge in [0.1, 0.15) is 37.0 Å². The monoisotopic (exact) mass is 503 g/mol. The second-order valence-corrected chi connectivity index (χ2v) is 9.47. The van der Waals surface area contributed by atoms with Crippen LogP contribution in [0.5, 0.6) is 17.2 Å². The molecule has 2 aromatic carbocycles. The second kappa shape index (κ2) is 11.5. The van der Waals surface area contributed by atoms with Crippen molar-refractivity contribution in [2.24, 2.45) is 0 Å². The quantitative estimate of drug-likeness (QED) is 0.421. The summed E-state index contributed by atoms with van der Waals surface area (Å²) in [5, 5.41) is 0. The molecule has 0 radical (unpaired) electrons. The molecule has 0 saturated carbocycles. The Balaban J connectivity index is 1.17. The van der Waals surface area contributed by atoms with Crippen molar-refractivity contribution >= 4 is 11.8 Å². The molecule has 8 nitrogen and oxygen atoms in total. The Kier molecular flexibility index (Phi) is 7.75. The minimum Gasteiger partial charge on any atom is -0.489 e. The molecular weight excluding hydrogens is 470 g/mol. The normalized spacial score (nSPS) is 15.5. The zero-order valence-electron chi connectivity index (χ0n) is 21.4. The molecular formula is C29H33N3O5. The Labute approximate surface area is 217 Å². The zero-order valence-corrected chi connectivity index (χ0v) is 21.4. The van der Waals surface area contributed by atoms with Crippen molar-refractivity contribution in [2.75, 3.05) is 44.3 Å². The Morgan fingerprint density at radius 1 is 1.00 bits per heavy atom. The molecule has 2 aliphatic heterocycles. The maximum atomic E-state index is 12.5. The molecule has 3 heterocycles. The number of nitrogens with zero attached hydrogens (tertiary/aromatic N) is 3. The van der Waals surface area contributed by atoms with Gasteiger partial charge in [0.25, 0.3) is 0 Å². The Bertz CT molecular complexity index is 1220. The van der Waals surface area contributed by atoms with Crippen LogP contribution < -0.4 is 19.1 Å². The molecule has 0 N–H and O–H groups in total. The van der Waals surface area contributed by atoms with Crippen LogP contribution in [0.1, 0.15) is 35.3 Å². The van der Waals surface area contributed by atoms with Crippen LogP contribution in [0, 0.1) is 0 Å². The summed E-state index contributed by atoms with van der Waals surface area (Å²) in [6.45, 7) is 9.38. The number of ether oxygens (including phenoxy) is 4. The average molecular weight is 504 g/mol. The van der Waals surface area contributed by atoms with E-state index in [1.807, 2.05) is 44.2 Å². The number of benzene rings is 2. The predicted molar refractivity (Wildman–Crippen MR) is 140 cm³/mol. The van der Waals surface area contributed by atoms with Gasteiger partial charge in [0, 0.05) is 44.5 Å². The fraction of sp³-hybridized carbons (Fsp3) is 0.379. The van der Waals surface area contributed by atoms with Gasteiger partial charge in [0.2, 0.25) is 0 Å². The lowest BCUT2D eigenvalue weighted by Crippen LogP contribution is -2.46. The van der Waals surface area contributed by atoms with E-state index in [0.29, 0.717) is 31.2 Å². The minimum atomic E-state index is -0.326. The van der Waals surface area contributed by atoms with Crippen LogP contribution in [0.2, 0.25) is 0 Å². The van der Waals surface area contributed by atoms with E-state index in [1.54, 1.807) is 18.3 Å². The molecule has 2 aliphatic rings. The van der Waals surface area contributed by atoms with Gasteiger partial charge in [-0.15, -0.1) is 0 Å². The van der Waals surface area contributed by atoms with Crippen LogP contribution in [-0.4, -0.2) is 61.3 Å². The summed E-state index contributed by atoms with van der Waals surface area (Å²) in [6.07, 6.45) is 1.56. The van der Waals surface area contributed by atoms with Gasteiger partial charge < -0.3 is 23.8 Å². The highest BCUT2D eigenvalue weighted by molar-refractivity contribution is 5.94. The Morgan fingerprint density at radius 3 is 2.65 bits per heavy atom. The number of hydrogen-bond donors (Lipinski definition) is 0. The number of para-hydroxylation sites is 1. The summed E-state index contributed by atoms with van der Waals surface area (Å²) < 4.78 is 23.0. The molecule has 37 heavy (non-hydrogen) atoms. The number of anilines is 1. The second-order valence-electron chi connectivity index (χ2n) is 9.47. The van der Waals surface area contributed by atoms with E-state index in [-0.39, 0.29) is 12.1 Å². The fourth-order valence-electron chi connectivity index (χ4n) is 4.60. The molecule has 8 heteroatoms. The van der Waals surface area contributed by atoms with Crippen molar-refractivity contribution < 1.29 is 23.7 Å². The zero-order chi connectivity index (χ0) is 25.6. The smallest absolute Gasteiger partial charge is 0.342 e. The first kappa shape index (κ1) is 24.9. The summed E-state index contributed by atoms with van der Waals surface area (Å²) in [6, 6.07) is 17.7. The van der Waals surface area contributed by atoms with E-state index in [2.05, 4.69) is 26.9 Å². The molecule has 194 valence electrons. The molecule has 1 aromatic heterocycles. The average Bonchev–Trinajstić information content (AvgIpc) is 2.92. The number of aromatic nitrogens is 1. The number of rotatable bonds is 8. The van der Waals surface area contributed by atoms with Crippen molar-refractivity contribution in [3.63, 3.8) is 0 Å². The van der Waals surface area contributed by atoms with Crippen LogP contribution in [-0.2, 0) is 17.9 Å². The van der Waals surface area contributed by atoms with E-state index in [9.17, 15) is 4.79 Å². The lowest BCUT2D eigenvalue weighted by molar-refractivity contribution is 0.0378. The van der Waals surface area contributed by atoms with E-state index in [1.165, 1.54) is 5.56 Å².